The van der Waals surface area contributed by atoms with Crippen molar-refractivity contribution in [2.75, 3.05) is 0 Å². The number of rotatable bonds is 39. The van der Waals surface area contributed by atoms with Crippen LogP contribution in [0.1, 0.15) is 245 Å². The summed E-state index contributed by atoms with van der Waals surface area (Å²) in [5.41, 5.74) is 0. The summed E-state index contributed by atoms with van der Waals surface area (Å²) in [5, 5.41) is 19.6. The van der Waals surface area contributed by atoms with Crippen molar-refractivity contribution >= 4 is 11.9 Å². The van der Waals surface area contributed by atoms with E-state index in [0.717, 1.165) is 38.5 Å². The van der Waals surface area contributed by atoms with Crippen LogP contribution in [0.3, 0.4) is 0 Å². The largest absolute Gasteiger partial charge is 0.481 e. The molecule has 0 bridgehead atoms. The highest BCUT2D eigenvalue weighted by atomic mass is 16.4. The van der Waals surface area contributed by atoms with Crippen LogP contribution >= 0.6 is 0 Å². The van der Waals surface area contributed by atoms with Gasteiger partial charge in [-0.1, -0.05) is 232 Å². The number of unbranched alkanes of at least 4 members (excludes halogenated alkanes) is 32. The maximum Gasteiger partial charge on any atom is 0.307 e. The van der Waals surface area contributed by atoms with E-state index in [9.17, 15) is 19.8 Å². The van der Waals surface area contributed by atoms with Crippen LogP contribution in [0, 0.1) is 11.8 Å². The Bertz CT molecular complexity index is 633. The second-order valence-corrected chi connectivity index (χ2v) is 14.8. The lowest BCUT2D eigenvalue weighted by molar-refractivity contribution is -0.154. The fraction of sp³-hybridized carbons (Fsp3) is 0.952. The topological polar surface area (TPSA) is 74.6 Å². The zero-order valence-corrected chi connectivity index (χ0v) is 31.3. The molecule has 0 aromatic carbocycles. The molecule has 0 radical (unpaired) electrons. The number of hydrogen-bond donors (Lipinski definition) is 2. The monoisotopic (exact) mass is 651 g/mol. The molecule has 46 heavy (non-hydrogen) atoms. The molecule has 274 valence electrons. The zero-order chi connectivity index (χ0) is 33.8. The lowest BCUT2D eigenvalue weighted by Gasteiger charge is -2.20. The third-order valence-corrected chi connectivity index (χ3v) is 10.4. The molecule has 0 saturated heterocycles. The molecule has 0 heterocycles. The smallest absolute Gasteiger partial charge is 0.307 e. The average Bonchev–Trinajstić information content (AvgIpc) is 3.04. The number of carboxylic acid groups (broad SMARTS) is 2. The van der Waals surface area contributed by atoms with Crippen molar-refractivity contribution in [3.63, 3.8) is 0 Å². The Kier molecular flexibility index (Phi) is 35.9. The molecule has 4 heteroatoms. The molecule has 0 aliphatic heterocycles. The SMILES string of the molecule is CCCCCCCCCCCCCCCCCCCCC(C(=O)O)C(CCCCCCCCCCCCCCCCCC)C(=O)O. The summed E-state index contributed by atoms with van der Waals surface area (Å²) in [4.78, 5) is 23.9. The second-order valence-electron chi connectivity index (χ2n) is 14.8. The van der Waals surface area contributed by atoms with Gasteiger partial charge >= 0.3 is 11.9 Å². The molecule has 0 amide bonds. The average molecular weight is 651 g/mol. The molecular formula is C42H82O4. The molecule has 0 rings (SSSR count). The molecule has 2 unspecified atom stereocenters. The van der Waals surface area contributed by atoms with Gasteiger partial charge in [-0.15, -0.1) is 0 Å². The molecular weight excluding hydrogens is 568 g/mol. The van der Waals surface area contributed by atoms with Gasteiger partial charge < -0.3 is 10.2 Å². The van der Waals surface area contributed by atoms with Crippen molar-refractivity contribution in [3.05, 3.63) is 0 Å². The van der Waals surface area contributed by atoms with Crippen molar-refractivity contribution in [3.8, 4) is 0 Å². The van der Waals surface area contributed by atoms with Gasteiger partial charge in [0.15, 0.2) is 0 Å². The van der Waals surface area contributed by atoms with Crippen molar-refractivity contribution in [2.45, 2.75) is 245 Å². The molecule has 4 nitrogen and oxygen atoms in total. The van der Waals surface area contributed by atoms with E-state index >= 15 is 0 Å². The third kappa shape index (κ3) is 31.5. The summed E-state index contributed by atoms with van der Waals surface area (Å²) < 4.78 is 0. The maximum atomic E-state index is 12.0. The van der Waals surface area contributed by atoms with E-state index in [1.807, 2.05) is 0 Å². The van der Waals surface area contributed by atoms with E-state index in [-0.39, 0.29) is 0 Å². The minimum atomic E-state index is -0.921. The van der Waals surface area contributed by atoms with E-state index in [2.05, 4.69) is 13.8 Å². The predicted molar refractivity (Wildman–Crippen MR) is 200 cm³/mol. The first-order valence-electron chi connectivity index (χ1n) is 21.0. The van der Waals surface area contributed by atoms with E-state index < -0.39 is 23.8 Å². The fourth-order valence-electron chi connectivity index (χ4n) is 7.17. The van der Waals surface area contributed by atoms with E-state index in [1.165, 1.54) is 180 Å². The van der Waals surface area contributed by atoms with Gasteiger partial charge in [0.1, 0.15) is 0 Å². The highest BCUT2D eigenvalue weighted by molar-refractivity contribution is 5.79. The van der Waals surface area contributed by atoms with Crippen molar-refractivity contribution < 1.29 is 19.8 Å². The summed E-state index contributed by atoms with van der Waals surface area (Å²) in [6, 6.07) is 0. The lowest BCUT2D eigenvalue weighted by Crippen LogP contribution is -2.30. The first-order valence-corrected chi connectivity index (χ1v) is 21.0. The molecule has 0 aromatic rings. The predicted octanol–water partition coefficient (Wildman–Crippen LogP) is 14.5. The summed E-state index contributed by atoms with van der Waals surface area (Å²) in [5.74, 6) is -3.32. The van der Waals surface area contributed by atoms with E-state index in [0.29, 0.717) is 12.8 Å². The van der Waals surface area contributed by atoms with E-state index in [4.69, 9.17) is 0 Å². The van der Waals surface area contributed by atoms with Crippen molar-refractivity contribution in [2.24, 2.45) is 11.8 Å². The second kappa shape index (κ2) is 36.8. The molecule has 0 aliphatic rings. The molecule has 0 fully saturated rings. The lowest BCUT2D eigenvalue weighted by atomic mass is 9.84. The molecule has 2 atom stereocenters. The van der Waals surface area contributed by atoms with Gasteiger partial charge in [-0.3, -0.25) is 9.59 Å². The van der Waals surface area contributed by atoms with Gasteiger partial charge in [-0.25, -0.2) is 0 Å². The Morgan fingerprint density at radius 3 is 0.609 bits per heavy atom. The highest BCUT2D eigenvalue weighted by Gasteiger charge is 2.32. The van der Waals surface area contributed by atoms with Crippen LogP contribution in [0.15, 0.2) is 0 Å². The van der Waals surface area contributed by atoms with Gasteiger partial charge in [-0.2, -0.15) is 0 Å². The number of hydrogen-bond acceptors (Lipinski definition) is 2. The quantitative estimate of drug-likeness (QED) is 0.0649. The minimum Gasteiger partial charge on any atom is -0.481 e. The van der Waals surface area contributed by atoms with Crippen LogP contribution < -0.4 is 0 Å². The van der Waals surface area contributed by atoms with Crippen LogP contribution in [0.4, 0.5) is 0 Å². The Morgan fingerprint density at radius 2 is 0.457 bits per heavy atom. The van der Waals surface area contributed by atoms with Crippen LogP contribution in [-0.2, 0) is 9.59 Å². The minimum absolute atomic E-state index is 0.504. The zero-order valence-electron chi connectivity index (χ0n) is 31.3. The summed E-state index contributed by atoms with van der Waals surface area (Å²) in [7, 11) is 0. The Balaban J connectivity index is 3.72. The molecule has 0 aliphatic carbocycles. The van der Waals surface area contributed by atoms with Crippen LogP contribution in [0.25, 0.3) is 0 Å². The van der Waals surface area contributed by atoms with Gasteiger partial charge in [0.2, 0.25) is 0 Å². The molecule has 0 spiro atoms. The van der Waals surface area contributed by atoms with E-state index in [1.54, 1.807) is 0 Å². The standard InChI is InChI=1S/C42H82O4/c1-3-5-7-9-11-13-15-17-19-21-22-24-26-28-30-32-34-36-38-40(42(45)46)39(41(43)44)37-35-33-31-29-27-25-23-20-18-16-14-12-10-8-6-4-2/h39-40H,3-38H2,1-2H3,(H,43,44)(H,45,46). The summed E-state index contributed by atoms with van der Waals surface area (Å²) in [6.07, 6.45) is 45.2. The maximum absolute atomic E-state index is 12.0. The van der Waals surface area contributed by atoms with Gasteiger partial charge in [0.25, 0.3) is 0 Å². The van der Waals surface area contributed by atoms with Crippen molar-refractivity contribution in [1.82, 2.24) is 0 Å². The van der Waals surface area contributed by atoms with Crippen LogP contribution in [0.2, 0.25) is 0 Å². The Hall–Kier alpha value is -1.06. The Labute approximate surface area is 288 Å². The highest BCUT2D eigenvalue weighted by Crippen LogP contribution is 2.26. The molecule has 0 saturated carbocycles. The number of carbonyl (C=O) groups is 2. The van der Waals surface area contributed by atoms with Crippen LogP contribution in [0.5, 0.6) is 0 Å². The first-order chi connectivity index (χ1) is 22.5. The molecule has 0 aromatic heterocycles. The molecule has 2 N–H and O–H groups in total. The number of carboxylic acids is 2. The fourth-order valence-corrected chi connectivity index (χ4v) is 7.17. The summed E-state index contributed by atoms with van der Waals surface area (Å²) >= 11 is 0. The van der Waals surface area contributed by atoms with Gasteiger partial charge in [0, 0.05) is 0 Å². The normalized spacial score (nSPS) is 12.8. The third-order valence-electron chi connectivity index (χ3n) is 10.4. The van der Waals surface area contributed by atoms with Crippen LogP contribution in [-0.4, -0.2) is 22.2 Å². The van der Waals surface area contributed by atoms with Crippen molar-refractivity contribution in [1.29, 1.82) is 0 Å². The van der Waals surface area contributed by atoms with Gasteiger partial charge in [-0.05, 0) is 12.8 Å². The Morgan fingerprint density at radius 1 is 0.304 bits per heavy atom. The number of aliphatic carboxylic acids is 2. The summed E-state index contributed by atoms with van der Waals surface area (Å²) in [6.45, 7) is 4.55. The first kappa shape index (κ1) is 44.9. The van der Waals surface area contributed by atoms with Gasteiger partial charge in [0.05, 0.1) is 11.8 Å².